The fourth-order valence-corrected chi connectivity index (χ4v) is 3.51. The molecule has 1 rings (SSSR count). The van der Waals surface area contributed by atoms with Crippen LogP contribution < -0.4 is 21.3 Å². The van der Waals surface area contributed by atoms with Crippen molar-refractivity contribution < 1.29 is 19.1 Å². The first-order valence-electron chi connectivity index (χ1n) is 12.9. The van der Waals surface area contributed by atoms with Crippen molar-refractivity contribution in [2.75, 3.05) is 39.5 Å². The van der Waals surface area contributed by atoms with E-state index in [1.165, 1.54) is 0 Å². The fourth-order valence-electron chi connectivity index (χ4n) is 3.17. The van der Waals surface area contributed by atoms with Gasteiger partial charge in [-0.15, -0.1) is 5.10 Å². The van der Waals surface area contributed by atoms with E-state index >= 15 is 0 Å². The second-order valence-corrected chi connectivity index (χ2v) is 9.54. The van der Waals surface area contributed by atoms with E-state index in [-0.39, 0.29) is 17.9 Å². The summed E-state index contributed by atoms with van der Waals surface area (Å²) < 4.78 is 12.7. The lowest BCUT2D eigenvalue weighted by atomic mass is 10.2. The van der Waals surface area contributed by atoms with Crippen LogP contribution in [0.25, 0.3) is 0 Å². The van der Waals surface area contributed by atoms with Crippen molar-refractivity contribution in [2.24, 2.45) is 0 Å². The number of aromatic nitrogens is 3. The molecule has 0 bridgehead atoms. The average Bonchev–Trinajstić information content (AvgIpc) is 3.24. The number of carbonyl (C=O) groups excluding carboxylic acids is 2. The van der Waals surface area contributed by atoms with E-state index in [9.17, 15) is 9.59 Å². The van der Waals surface area contributed by atoms with Crippen LogP contribution in [0.1, 0.15) is 65.5 Å². The first-order valence-corrected chi connectivity index (χ1v) is 13.3. The lowest BCUT2D eigenvalue weighted by molar-refractivity contribution is -0.122. The van der Waals surface area contributed by atoms with Gasteiger partial charge in [-0.05, 0) is 65.6 Å². The number of aryl methyl sites for hydroxylation is 2. The van der Waals surface area contributed by atoms with Crippen LogP contribution >= 0.6 is 12.2 Å². The molecule has 12 heteroatoms. The fraction of sp³-hybridized carbons (Fsp3) is 0.792. The maximum atomic E-state index is 11.9. The molecule has 1 aromatic rings. The molecular formula is C24H45N7O4S. The molecule has 4 N–H and O–H groups in total. The summed E-state index contributed by atoms with van der Waals surface area (Å²) in [6.45, 7) is 11.8. The Morgan fingerprint density at radius 2 is 1.53 bits per heavy atom. The van der Waals surface area contributed by atoms with Crippen LogP contribution in [0.4, 0.5) is 0 Å². The average molecular weight is 528 g/mol. The summed E-state index contributed by atoms with van der Waals surface area (Å²) in [5, 5.41) is 20.8. The van der Waals surface area contributed by atoms with Gasteiger partial charge < -0.3 is 30.7 Å². The van der Waals surface area contributed by atoms with Gasteiger partial charge in [-0.2, -0.15) is 0 Å². The first kappa shape index (κ1) is 31.7. The number of nitrogens with zero attached hydrogens (tertiary/aromatic N) is 3. The van der Waals surface area contributed by atoms with Gasteiger partial charge in [0.25, 0.3) is 0 Å². The monoisotopic (exact) mass is 527 g/mol. The summed E-state index contributed by atoms with van der Waals surface area (Å²) in [6, 6.07) is 0.469. The van der Waals surface area contributed by atoms with Crippen LogP contribution in [-0.2, 0) is 32.0 Å². The number of ether oxygens (including phenoxy) is 2. The predicted octanol–water partition coefficient (Wildman–Crippen LogP) is 1.32. The molecule has 0 aliphatic rings. The van der Waals surface area contributed by atoms with Gasteiger partial charge in [-0.3, -0.25) is 14.3 Å². The van der Waals surface area contributed by atoms with Crippen molar-refractivity contribution >= 4 is 29.1 Å². The summed E-state index contributed by atoms with van der Waals surface area (Å²) >= 11 is 5.13. The van der Waals surface area contributed by atoms with Crippen LogP contribution in [0.3, 0.4) is 0 Å². The van der Waals surface area contributed by atoms with E-state index in [1.807, 2.05) is 33.9 Å². The van der Waals surface area contributed by atoms with Gasteiger partial charge >= 0.3 is 0 Å². The SMILES string of the molecule is CC(C)NC(=O)CCCc1cn(CCCCC(=O)NCCOCCOCCNC(=S)NC(C)C)nn1. The molecule has 0 spiro atoms. The summed E-state index contributed by atoms with van der Waals surface area (Å²) in [7, 11) is 0. The second-order valence-electron chi connectivity index (χ2n) is 9.14. The highest BCUT2D eigenvalue weighted by Crippen LogP contribution is 2.04. The molecule has 0 aliphatic heterocycles. The molecule has 36 heavy (non-hydrogen) atoms. The second kappa shape index (κ2) is 19.8. The molecule has 0 aliphatic carbocycles. The lowest BCUT2D eigenvalue weighted by Crippen LogP contribution is -2.40. The van der Waals surface area contributed by atoms with Crippen LogP contribution in [0, 0.1) is 0 Å². The highest BCUT2D eigenvalue weighted by atomic mass is 32.1. The Bertz CT molecular complexity index is 759. The normalized spacial score (nSPS) is 11.1. The minimum Gasteiger partial charge on any atom is -0.377 e. The zero-order chi connectivity index (χ0) is 26.6. The van der Waals surface area contributed by atoms with Crippen molar-refractivity contribution in [1.82, 2.24) is 36.3 Å². The third kappa shape index (κ3) is 18.0. The summed E-state index contributed by atoms with van der Waals surface area (Å²) in [5.74, 6) is 0.0853. The van der Waals surface area contributed by atoms with Crippen LogP contribution in [0.15, 0.2) is 6.20 Å². The smallest absolute Gasteiger partial charge is 0.220 e. The number of carbonyl (C=O) groups is 2. The van der Waals surface area contributed by atoms with E-state index in [1.54, 1.807) is 4.68 Å². The van der Waals surface area contributed by atoms with E-state index in [4.69, 9.17) is 21.7 Å². The number of nitrogens with one attached hydrogen (secondary N) is 4. The number of hydrogen-bond donors (Lipinski definition) is 4. The number of unbranched alkanes of at least 4 members (excludes halogenated alkanes) is 1. The number of rotatable bonds is 20. The Hall–Kier alpha value is -2.31. The Morgan fingerprint density at radius 3 is 2.19 bits per heavy atom. The number of thiocarbonyl (C=S) groups is 1. The molecule has 206 valence electrons. The summed E-state index contributed by atoms with van der Waals surface area (Å²) in [4.78, 5) is 23.6. The van der Waals surface area contributed by atoms with Crippen molar-refractivity contribution in [3.63, 3.8) is 0 Å². The molecule has 0 fully saturated rings. The number of hydrogen-bond acceptors (Lipinski definition) is 7. The van der Waals surface area contributed by atoms with Gasteiger partial charge in [0.2, 0.25) is 11.8 Å². The van der Waals surface area contributed by atoms with Gasteiger partial charge in [0, 0.05) is 50.8 Å². The minimum absolute atomic E-state index is 0.0193. The van der Waals surface area contributed by atoms with Crippen LogP contribution in [0.5, 0.6) is 0 Å². The molecule has 1 heterocycles. The largest absolute Gasteiger partial charge is 0.377 e. The first-order chi connectivity index (χ1) is 17.3. The minimum atomic E-state index is 0.0193. The van der Waals surface area contributed by atoms with E-state index < -0.39 is 0 Å². The molecule has 0 saturated heterocycles. The maximum Gasteiger partial charge on any atom is 0.220 e. The van der Waals surface area contributed by atoms with Gasteiger partial charge in [0.15, 0.2) is 5.11 Å². The van der Waals surface area contributed by atoms with Gasteiger partial charge in [-0.25, -0.2) is 0 Å². The molecular weight excluding hydrogens is 482 g/mol. The van der Waals surface area contributed by atoms with E-state index in [0.717, 1.165) is 31.4 Å². The molecule has 0 saturated carbocycles. The maximum absolute atomic E-state index is 11.9. The zero-order valence-corrected chi connectivity index (χ0v) is 23.1. The van der Waals surface area contributed by atoms with Crippen LogP contribution in [-0.4, -0.2) is 83.5 Å². The third-order valence-electron chi connectivity index (χ3n) is 4.81. The Morgan fingerprint density at radius 1 is 0.889 bits per heavy atom. The topological polar surface area (TPSA) is 131 Å². The highest BCUT2D eigenvalue weighted by Gasteiger charge is 2.06. The van der Waals surface area contributed by atoms with Crippen molar-refractivity contribution in [3.05, 3.63) is 11.9 Å². The van der Waals surface area contributed by atoms with Crippen molar-refractivity contribution in [3.8, 4) is 0 Å². The molecule has 11 nitrogen and oxygen atoms in total. The molecule has 0 atom stereocenters. The van der Waals surface area contributed by atoms with Gasteiger partial charge in [0.1, 0.15) is 0 Å². The van der Waals surface area contributed by atoms with Gasteiger partial charge in [-0.1, -0.05) is 5.21 Å². The Labute approximate surface area is 220 Å². The lowest BCUT2D eigenvalue weighted by Gasteiger charge is -2.13. The van der Waals surface area contributed by atoms with Crippen molar-refractivity contribution in [2.45, 2.75) is 84.8 Å². The molecule has 0 aromatic carbocycles. The van der Waals surface area contributed by atoms with Crippen molar-refractivity contribution in [1.29, 1.82) is 0 Å². The predicted molar refractivity (Wildman–Crippen MR) is 144 cm³/mol. The summed E-state index contributed by atoms with van der Waals surface area (Å²) in [6.07, 6.45) is 5.96. The third-order valence-corrected chi connectivity index (χ3v) is 5.07. The molecule has 2 amide bonds. The van der Waals surface area contributed by atoms with Crippen LogP contribution in [0.2, 0.25) is 0 Å². The summed E-state index contributed by atoms with van der Waals surface area (Å²) in [5.41, 5.74) is 0.884. The molecule has 1 aromatic heterocycles. The number of amides is 2. The van der Waals surface area contributed by atoms with E-state index in [0.29, 0.717) is 70.1 Å². The zero-order valence-electron chi connectivity index (χ0n) is 22.3. The van der Waals surface area contributed by atoms with Gasteiger partial charge in [0.05, 0.1) is 32.1 Å². The standard InChI is InChI=1S/C24H45N7O4S/c1-19(2)27-23(33)10-7-8-21-18-31(30-29-21)13-6-5-9-22(32)25-11-14-34-16-17-35-15-12-26-24(36)28-20(3)4/h18-20H,5-17H2,1-4H3,(H,25,32)(H,27,33)(H2,26,28,36). The molecule has 0 unspecified atom stereocenters. The Kier molecular flexibility index (Phi) is 17.5. The highest BCUT2D eigenvalue weighted by molar-refractivity contribution is 7.80. The quantitative estimate of drug-likeness (QED) is 0.146. The van der Waals surface area contributed by atoms with E-state index in [2.05, 4.69) is 31.6 Å². The molecule has 0 radical (unpaired) electrons. The Balaban J connectivity index is 1.94.